The van der Waals surface area contributed by atoms with E-state index < -0.39 is 4.92 Å². The van der Waals surface area contributed by atoms with Crippen LogP contribution in [0.1, 0.15) is 40.9 Å². The van der Waals surface area contributed by atoms with E-state index in [1.54, 1.807) is 0 Å². The Kier molecular flexibility index (Phi) is 5.34. The molecule has 5 nitrogen and oxygen atoms in total. The van der Waals surface area contributed by atoms with Crippen LogP contribution in [0.3, 0.4) is 0 Å². The van der Waals surface area contributed by atoms with Gasteiger partial charge < -0.3 is 5.32 Å². The van der Waals surface area contributed by atoms with Crippen molar-refractivity contribution < 1.29 is 9.72 Å². The van der Waals surface area contributed by atoms with E-state index in [1.807, 2.05) is 38.1 Å². The fraction of sp³-hybridized carbons (Fsp3) is 0.235. The number of hydrogen-bond acceptors (Lipinski definition) is 3. The number of benzene rings is 2. The van der Waals surface area contributed by atoms with E-state index in [0.29, 0.717) is 0 Å². The molecule has 0 spiro atoms. The SMILES string of the molecule is CC[C@H](NC(=O)c1ccc([N+](=O)[O-])cc1Cl)c1ccc(C)cc1. The number of non-ortho nitro benzene ring substituents is 1. The van der Waals surface area contributed by atoms with E-state index >= 15 is 0 Å². The smallest absolute Gasteiger partial charge is 0.270 e. The van der Waals surface area contributed by atoms with E-state index in [0.717, 1.165) is 17.5 Å². The Morgan fingerprint density at radius 3 is 2.43 bits per heavy atom. The number of aryl methyl sites for hydroxylation is 1. The van der Waals surface area contributed by atoms with E-state index in [4.69, 9.17) is 11.6 Å². The lowest BCUT2D eigenvalue weighted by Gasteiger charge is -2.18. The summed E-state index contributed by atoms with van der Waals surface area (Å²) in [5, 5.41) is 13.7. The first kappa shape index (κ1) is 17.0. The van der Waals surface area contributed by atoms with Crippen molar-refractivity contribution in [3.63, 3.8) is 0 Å². The van der Waals surface area contributed by atoms with Gasteiger partial charge in [-0.15, -0.1) is 0 Å². The van der Waals surface area contributed by atoms with Crippen LogP contribution < -0.4 is 5.32 Å². The topological polar surface area (TPSA) is 72.2 Å². The molecule has 120 valence electrons. The van der Waals surface area contributed by atoms with Gasteiger partial charge in [-0.1, -0.05) is 48.4 Å². The third-order valence-corrected chi connectivity index (χ3v) is 3.91. The molecule has 6 heteroatoms. The molecule has 0 aliphatic rings. The Balaban J connectivity index is 2.19. The van der Waals surface area contributed by atoms with Crippen LogP contribution in [0.15, 0.2) is 42.5 Å². The molecule has 0 unspecified atom stereocenters. The van der Waals surface area contributed by atoms with Crippen molar-refractivity contribution in [3.8, 4) is 0 Å². The van der Waals surface area contributed by atoms with Crippen LogP contribution in [-0.2, 0) is 0 Å². The molecule has 0 bridgehead atoms. The number of amides is 1. The number of rotatable bonds is 5. The van der Waals surface area contributed by atoms with Crippen LogP contribution in [0.2, 0.25) is 5.02 Å². The quantitative estimate of drug-likeness (QED) is 0.650. The first-order chi connectivity index (χ1) is 10.9. The van der Waals surface area contributed by atoms with Gasteiger partial charge in [0, 0.05) is 12.1 Å². The predicted molar refractivity (Wildman–Crippen MR) is 89.8 cm³/mol. The molecule has 1 atom stereocenters. The summed E-state index contributed by atoms with van der Waals surface area (Å²) in [4.78, 5) is 22.6. The van der Waals surface area contributed by atoms with Crippen molar-refractivity contribution in [2.45, 2.75) is 26.3 Å². The van der Waals surface area contributed by atoms with Crippen LogP contribution in [-0.4, -0.2) is 10.8 Å². The average Bonchev–Trinajstić information content (AvgIpc) is 2.53. The second-order valence-electron chi connectivity index (χ2n) is 5.27. The third kappa shape index (κ3) is 4.07. The zero-order valence-electron chi connectivity index (χ0n) is 12.9. The van der Waals surface area contributed by atoms with Gasteiger partial charge >= 0.3 is 0 Å². The fourth-order valence-electron chi connectivity index (χ4n) is 2.26. The standard InChI is InChI=1S/C17H17ClN2O3/c1-3-16(12-6-4-11(2)5-7-12)19-17(21)14-9-8-13(20(22)23)10-15(14)18/h4-10,16H,3H2,1-2H3,(H,19,21)/t16-/m0/s1. The predicted octanol–water partition coefficient (Wildman–Crippen LogP) is 4.44. The van der Waals surface area contributed by atoms with Crippen molar-refractivity contribution in [3.05, 3.63) is 74.3 Å². The molecule has 2 rings (SSSR count). The molecule has 0 saturated heterocycles. The lowest BCUT2D eigenvalue weighted by Crippen LogP contribution is -2.28. The first-order valence-electron chi connectivity index (χ1n) is 7.23. The van der Waals surface area contributed by atoms with Crippen LogP contribution in [0.4, 0.5) is 5.69 Å². The summed E-state index contributed by atoms with van der Waals surface area (Å²) in [7, 11) is 0. The molecule has 0 aliphatic heterocycles. The molecule has 2 aromatic rings. The van der Waals surface area contributed by atoms with Crippen LogP contribution in [0.5, 0.6) is 0 Å². The molecule has 0 aliphatic carbocycles. The van der Waals surface area contributed by atoms with Gasteiger partial charge in [0.05, 0.1) is 21.6 Å². The maximum absolute atomic E-state index is 12.4. The highest BCUT2D eigenvalue weighted by Crippen LogP contribution is 2.24. The van der Waals surface area contributed by atoms with Gasteiger partial charge in [0.15, 0.2) is 0 Å². The van der Waals surface area contributed by atoms with Crippen molar-refractivity contribution in [2.24, 2.45) is 0 Å². The second-order valence-corrected chi connectivity index (χ2v) is 5.67. The second kappa shape index (κ2) is 7.24. The zero-order valence-corrected chi connectivity index (χ0v) is 13.6. The molecular weight excluding hydrogens is 316 g/mol. The minimum Gasteiger partial charge on any atom is -0.345 e. The van der Waals surface area contributed by atoms with Gasteiger partial charge in [0.25, 0.3) is 11.6 Å². The van der Waals surface area contributed by atoms with Crippen molar-refractivity contribution in [1.82, 2.24) is 5.32 Å². The fourth-order valence-corrected chi connectivity index (χ4v) is 2.52. The largest absolute Gasteiger partial charge is 0.345 e. The summed E-state index contributed by atoms with van der Waals surface area (Å²) in [5.41, 5.74) is 2.23. The highest BCUT2D eigenvalue weighted by atomic mass is 35.5. The summed E-state index contributed by atoms with van der Waals surface area (Å²) in [6, 6.07) is 11.6. The van der Waals surface area contributed by atoms with E-state index in [1.165, 1.54) is 18.2 Å². The maximum atomic E-state index is 12.4. The highest BCUT2D eigenvalue weighted by molar-refractivity contribution is 6.34. The number of nitrogens with one attached hydrogen (secondary N) is 1. The highest BCUT2D eigenvalue weighted by Gasteiger charge is 2.18. The molecule has 1 amide bonds. The van der Waals surface area contributed by atoms with E-state index in [9.17, 15) is 14.9 Å². The minimum atomic E-state index is -0.547. The number of hydrogen-bond donors (Lipinski definition) is 1. The Bertz CT molecular complexity index is 729. The van der Waals surface area contributed by atoms with Crippen LogP contribution in [0.25, 0.3) is 0 Å². The summed E-state index contributed by atoms with van der Waals surface area (Å²) in [6.07, 6.45) is 0.722. The van der Waals surface area contributed by atoms with Crippen molar-refractivity contribution in [1.29, 1.82) is 0 Å². The number of nitro benzene ring substituents is 1. The Hall–Kier alpha value is -2.40. The van der Waals surface area contributed by atoms with E-state index in [2.05, 4.69) is 5.32 Å². The molecule has 0 radical (unpaired) electrons. The molecule has 0 aromatic heterocycles. The Labute approximate surface area is 139 Å². The zero-order chi connectivity index (χ0) is 17.0. The summed E-state index contributed by atoms with van der Waals surface area (Å²) >= 11 is 6.00. The number of halogens is 1. The molecule has 2 aromatic carbocycles. The lowest BCUT2D eigenvalue weighted by molar-refractivity contribution is -0.384. The summed E-state index contributed by atoms with van der Waals surface area (Å²) in [6.45, 7) is 3.97. The molecule has 0 fully saturated rings. The Morgan fingerprint density at radius 1 is 1.26 bits per heavy atom. The van der Waals surface area contributed by atoms with Gasteiger partial charge in [0.1, 0.15) is 0 Å². The van der Waals surface area contributed by atoms with Gasteiger partial charge in [0.2, 0.25) is 0 Å². The average molecular weight is 333 g/mol. The Morgan fingerprint density at radius 2 is 1.91 bits per heavy atom. The number of nitrogens with zero attached hydrogens (tertiary/aromatic N) is 1. The maximum Gasteiger partial charge on any atom is 0.270 e. The van der Waals surface area contributed by atoms with Crippen LogP contribution >= 0.6 is 11.6 Å². The number of nitro groups is 1. The van der Waals surface area contributed by atoms with Gasteiger partial charge in [-0.05, 0) is 25.0 Å². The van der Waals surface area contributed by atoms with Crippen molar-refractivity contribution in [2.75, 3.05) is 0 Å². The number of carbonyl (C=O) groups excluding carboxylic acids is 1. The van der Waals surface area contributed by atoms with E-state index in [-0.39, 0.29) is 28.2 Å². The first-order valence-corrected chi connectivity index (χ1v) is 7.61. The summed E-state index contributed by atoms with van der Waals surface area (Å²) < 4.78 is 0. The minimum absolute atomic E-state index is 0.0652. The number of carbonyl (C=O) groups is 1. The molecule has 23 heavy (non-hydrogen) atoms. The molecular formula is C17H17ClN2O3. The van der Waals surface area contributed by atoms with Gasteiger partial charge in [-0.25, -0.2) is 0 Å². The van der Waals surface area contributed by atoms with Gasteiger partial charge in [-0.3, -0.25) is 14.9 Å². The normalized spacial score (nSPS) is 11.8. The van der Waals surface area contributed by atoms with Crippen molar-refractivity contribution >= 4 is 23.2 Å². The summed E-state index contributed by atoms with van der Waals surface area (Å²) in [5.74, 6) is -0.350. The lowest BCUT2D eigenvalue weighted by atomic mass is 10.0. The molecule has 1 N–H and O–H groups in total. The molecule has 0 saturated carbocycles. The van der Waals surface area contributed by atoms with Crippen LogP contribution in [0, 0.1) is 17.0 Å². The van der Waals surface area contributed by atoms with Gasteiger partial charge in [-0.2, -0.15) is 0 Å². The third-order valence-electron chi connectivity index (χ3n) is 3.60. The molecule has 0 heterocycles. The monoisotopic (exact) mass is 332 g/mol.